The largest absolute Gasteiger partial charge is 0.383 e. The summed E-state index contributed by atoms with van der Waals surface area (Å²) >= 11 is 5.69. The third kappa shape index (κ3) is 3.79. The number of amides is 1. The number of hydrogen-bond donors (Lipinski definition) is 1. The molecule has 0 aliphatic heterocycles. The number of nitrogens with one attached hydrogen (secondary N) is 1. The maximum atomic E-state index is 11.8. The lowest BCUT2D eigenvalue weighted by molar-refractivity contribution is 0.0901. The molecule has 0 aliphatic rings. The summed E-state index contributed by atoms with van der Waals surface area (Å²) in [6.45, 7) is 2.23. The molecule has 0 bridgehead atoms. The van der Waals surface area contributed by atoms with E-state index in [1.54, 1.807) is 19.2 Å². The highest BCUT2D eigenvalue weighted by atomic mass is 35.5. The van der Waals surface area contributed by atoms with Gasteiger partial charge in [0.25, 0.3) is 5.91 Å². The molecule has 0 saturated carbocycles. The van der Waals surface area contributed by atoms with Gasteiger partial charge in [-0.1, -0.05) is 6.07 Å². The summed E-state index contributed by atoms with van der Waals surface area (Å²) in [4.78, 5) is 15.9. The highest BCUT2D eigenvalue weighted by Gasteiger charge is 2.13. The Kier molecular flexibility index (Phi) is 5.22. The maximum absolute atomic E-state index is 11.8. The fourth-order valence-electron chi connectivity index (χ4n) is 1.25. The van der Waals surface area contributed by atoms with Crippen molar-refractivity contribution in [3.8, 4) is 0 Å². The normalized spacial score (nSPS) is 12.2. The van der Waals surface area contributed by atoms with E-state index in [2.05, 4.69) is 10.3 Å². The number of carbonyl (C=O) groups is 1. The van der Waals surface area contributed by atoms with Crippen LogP contribution in [-0.2, 0) is 4.74 Å². The Morgan fingerprint density at radius 1 is 1.62 bits per heavy atom. The molecule has 5 heteroatoms. The number of ether oxygens (including phenoxy) is 1. The first-order chi connectivity index (χ1) is 7.67. The van der Waals surface area contributed by atoms with Crippen molar-refractivity contribution in [2.75, 3.05) is 19.6 Å². The molecule has 0 saturated heterocycles. The fraction of sp³-hybridized carbons (Fsp3) is 0.455. The quantitative estimate of drug-likeness (QED) is 0.794. The van der Waals surface area contributed by atoms with Gasteiger partial charge in [0.05, 0.1) is 12.6 Å². The summed E-state index contributed by atoms with van der Waals surface area (Å²) in [5, 5.41) is 2.75. The van der Waals surface area contributed by atoms with Gasteiger partial charge in [0, 0.05) is 18.7 Å². The van der Waals surface area contributed by atoms with Gasteiger partial charge in [-0.3, -0.25) is 4.79 Å². The minimum absolute atomic E-state index is 0.193. The number of hydrogen-bond acceptors (Lipinski definition) is 3. The van der Waals surface area contributed by atoms with E-state index in [1.807, 2.05) is 13.0 Å². The summed E-state index contributed by atoms with van der Waals surface area (Å²) in [6, 6.07) is 5.11. The molecule has 1 rings (SSSR count). The van der Waals surface area contributed by atoms with Crippen LogP contribution in [0.25, 0.3) is 0 Å². The number of methoxy groups -OCH3 is 1. The Balaban J connectivity index is 2.64. The molecular formula is C11H15ClN2O2. The molecule has 0 aliphatic carbocycles. The van der Waals surface area contributed by atoms with Crippen molar-refractivity contribution in [3.05, 3.63) is 29.6 Å². The van der Waals surface area contributed by atoms with E-state index in [4.69, 9.17) is 16.3 Å². The Hall–Kier alpha value is -1.13. The predicted octanol–water partition coefficient (Wildman–Crippen LogP) is 1.37. The number of alkyl halides is 1. The molecule has 1 N–H and O–H groups in total. The van der Waals surface area contributed by atoms with Crippen LogP contribution in [0.15, 0.2) is 18.2 Å². The monoisotopic (exact) mass is 242 g/mol. The van der Waals surface area contributed by atoms with Crippen molar-refractivity contribution in [2.24, 2.45) is 0 Å². The number of nitrogens with zero attached hydrogens (tertiary/aromatic N) is 1. The van der Waals surface area contributed by atoms with E-state index in [0.717, 1.165) is 5.69 Å². The fourth-order valence-corrected chi connectivity index (χ4v) is 1.42. The number of aromatic nitrogens is 1. The van der Waals surface area contributed by atoms with Crippen molar-refractivity contribution in [2.45, 2.75) is 13.0 Å². The molecule has 1 heterocycles. The van der Waals surface area contributed by atoms with Crippen LogP contribution < -0.4 is 5.32 Å². The first-order valence-corrected chi connectivity index (χ1v) is 5.50. The molecule has 0 aromatic carbocycles. The number of pyridine rings is 1. The van der Waals surface area contributed by atoms with E-state index >= 15 is 0 Å². The molecule has 1 amide bonds. The topological polar surface area (TPSA) is 51.2 Å². The Labute approximate surface area is 100.0 Å². The van der Waals surface area contributed by atoms with Gasteiger partial charge in [-0.2, -0.15) is 0 Å². The number of carbonyl (C=O) groups excluding carboxylic acids is 1. The molecular weight excluding hydrogens is 228 g/mol. The summed E-state index contributed by atoms with van der Waals surface area (Å²) in [5.74, 6) is 0.0807. The first-order valence-electron chi connectivity index (χ1n) is 4.96. The molecule has 1 unspecified atom stereocenters. The van der Waals surface area contributed by atoms with Crippen LogP contribution in [0.2, 0.25) is 0 Å². The molecule has 4 nitrogen and oxygen atoms in total. The standard InChI is InChI=1S/C11H15ClN2O2/c1-8-4-3-5-10(13-8)11(15)14-9(6-12)7-16-2/h3-5,9H,6-7H2,1-2H3,(H,14,15). The van der Waals surface area contributed by atoms with Crippen LogP contribution in [0.1, 0.15) is 16.2 Å². The van der Waals surface area contributed by atoms with Crippen LogP contribution in [0.4, 0.5) is 0 Å². The molecule has 1 aromatic rings. The Bertz CT molecular complexity index is 358. The second-order valence-electron chi connectivity index (χ2n) is 3.44. The zero-order chi connectivity index (χ0) is 12.0. The van der Waals surface area contributed by atoms with Gasteiger partial charge in [0.1, 0.15) is 5.69 Å². The third-order valence-electron chi connectivity index (χ3n) is 2.01. The van der Waals surface area contributed by atoms with Gasteiger partial charge in [-0.25, -0.2) is 4.98 Å². The number of rotatable bonds is 5. The van der Waals surface area contributed by atoms with E-state index < -0.39 is 0 Å². The molecule has 88 valence electrons. The van der Waals surface area contributed by atoms with Gasteiger partial charge >= 0.3 is 0 Å². The van der Waals surface area contributed by atoms with Crippen LogP contribution >= 0.6 is 11.6 Å². The zero-order valence-corrected chi connectivity index (χ0v) is 10.1. The lowest BCUT2D eigenvalue weighted by Crippen LogP contribution is -2.39. The first kappa shape index (κ1) is 12.9. The summed E-state index contributed by atoms with van der Waals surface area (Å²) < 4.78 is 4.94. The Morgan fingerprint density at radius 3 is 2.94 bits per heavy atom. The average molecular weight is 243 g/mol. The molecule has 16 heavy (non-hydrogen) atoms. The molecule has 1 atom stereocenters. The number of aryl methyl sites for hydroxylation is 1. The van der Waals surface area contributed by atoms with E-state index in [9.17, 15) is 4.79 Å². The van der Waals surface area contributed by atoms with Crippen molar-refractivity contribution in [1.29, 1.82) is 0 Å². The average Bonchev–Trinajstić information content (AvgIpc) is 2.28. The van der Waals surface area contributed by atoms with Gasteiger partial charge in [0.15, 0.2) is 0 Å². The van der Waals surface area contributed by atoms with Crippen molar-refractivity contribution in [3.63, 3.8) is 0 Å². The van der Waals surface area contributed by atoms with E-state index in [-0.39, 0.29) is 11.9 Å². The Morgan fingerprint density at radius 2 is 2.38 bits per heavy atom. The molecule has 0 fully saturated rings. The molecule has 0 radical (unpaired) electrons. The van der Waals surface area contributed by atoms with Crippen LogP contribution in [0, 0.1) is 6.92 Å². The lowest BCUT2D eigenvalue weighted by Gasteiger charge is -2.14. The van der Waals surface area contributed by atoms with Gasteiger partial charge < -0.3 is 10.1 Å². The van der Waals surface area contributed by atoms with Crippen LogP contribution in [-0.4, -0.2) is 36.5 Å². The van der Waals surface area contributed by atoms with Crippen molar-refractivity contribution < 1.29 is 9.53 Å². The summed E-state index contributed by atoms with van der Waals surface area (Å²) in [5.41, 5.74) is 1.20. The van der Waals surface area contributed by atoms with Crippen molar-refractivity contribution >= 4 is 17.5 Å². The highest BCUT2D eigenvalue weighted by molar-refractivity contribution is 6.18. The van der Waals surface area contributed by atoms with Gasteiger partial charge in [-0.05, 0) is 19.1 Å². The van der Waals surface area contributed by atoms with E-state index in [1.165, 1.54) is 0 Å². The van der Waals surface area contributed by atoms with Gasteiger partial charge in [0.2, 0.25) is 0 Å². The van der Waals surface area contributed by atoms with E-state index in [0.29, 0.717) is 18.2 Å². The lowest BCUT2D eigenvalue weighted by atomic mass is 10.2. The summed E-state index contributed by atoms with van der Waals surface area (Å²) in [7, 11) is 1.57. The van der Waals surface area contributed by atoms with Crippen LogP contribution in [0.5, 0.6) is 0 Å². The maximum Gasteiger partial charge on any atom is 0.270 e. The predicted molar refractivity (Wildman–Crippen MR) is 62.8 cm³/mol. The van der Waals surface area contributed by atoms with Gasteiger partial charge in [-0.15, -0.1) is 11.6 Å². The smallest absolute Gasteiger partial charge is 0.270 e. The minimum atomic E-state index is -0.230. The van der Waals surface area contributed by atoms with Crippen LogP contribution in [0.3, 0.4) is 0 Å². The summed E-state index contributed by atoms with van der Waals surface area (Å²) in [6.07, 6.45) is 0. The second kappa shape index (κ2) is 6.45. The minimum Gasteiger partial charge on any atom is -0.383 e. The zero-order valence-electron chi connectivity index (χ0n) is 9.37. The second-order valence-corrected chi connectivity index (χ2v) is 3.75. The molecule has 0 spiro atoms. The van der Waals surface area contributed by atoms with Crippen molar-refractivity contribution in [1.82, 2.24) is 10.3 Å². The third-order valence-corrected chi connectivity index (χ3v) is 2.38. The highest BCUT2D eigenvalue weighted by Crippen LogP contribution is 1.99. The SMILES string of the molecule is COCC(CCl)NC(=O)c1cccc(C)n1. The number of halogens is 1. The molecule has 1 aromatic heterocycles.